The average molecular weight is 309 g/mol. The van der Waals surface area contributed by atoms with Crippen molar-refractivity contribution in [2.75, 3.05) is 10.6 Å². The normalized spacial score (nSPS) is 23.7. The van der Waals surface area contributed by atoms with Crippen molar-refractivity contribution in [1.82, 2.24) is 15.0 Å². The second-order valence-corrected chi connectivity index (χ2v) is 6.83. The van der Waals surface area contributed by atoms with Crippen molar-refractivity contribution in [3.63, 3.8) is 0 Å². The zero-order valence-electron chi connectivity index (χ0n) is 13.5. The largest absolute Gasteiger partial charge is 0.367 e. The lowest BCUT2D eigenvalue weighted by Crippen LogP contribution is -2.22. The Balaban J connectivity index is 1.30. The lowest BCUT2D eigenvalue weighted by molar-refractivity contribution is 0.716. The molecule has 2 heterocycles. The fraction of sp³-hybridized carbons (Fsp3) is 0.500. The van der Waals surface area contributed by atoms with E-state index in [0.29, 0.717) is 18.0 Å². The van der Waals surface area contributed by atoms with Gasteiger partial charge in [-0.2, -0.15) is 0 Å². The second-order valence-electron chi connectivity index (χ2n) is 6.83. The number of anilines is 2. The second kappa shape index (κ2) is 6.14. The Hall–Kier alpha value is -2.17. The van der Waals surface area contributed by atoms with Crippen LogP contribution in [0.1, 0.15) is 49.1 Å². The molecule has 2 aromatic heterocycles. The summed E-state index contributed by atoms with van der Waals surface area (Å²) >= 11 is 0. The van der Waals surface area contributed by atoms with Crippen LogP contribution < -0.4 is 10.6 Å². The SMILES string of the molecule is Cc1ccc(N[C@H]2CC[C@H](Nc3ncc(C4CC4)cn3)C2)nc1. The molecule has 0 radical (unpaired) electrons. The van der Waals surface area contributed by atoms with Crippen molar-refractivity contribution in [2.45, 2.75) is 57.0 Å². The maximum Gasteiger partial charge on any atom is 0.222 e. The van der Waals surface area contributed by atoms with Gasteiger partial charge in [-0.3, -0.25) is 0 Å². The van der Waals surface area contributed by atoms with Crippen molar-refractivity contribution in [1.29, 1.82) is 0 Å². The highest BCUT2D eigenvalue weighted by Gasteiger charge is 2.26. The number of rotatable bonds is 5. The zero-order chi connectivity index (χ0) is 15.6. The van der Waals surface area contributed by atoms with Crippen LogP contribution in [0.4, 0.5) is 11.8 Å². The van der Waals surface area contributed by atoms with Crippen LogP contribution in [0.2, 0.25) is 0 Å². The standard InChI is InChI=1S/C18H23N5/c1-12-2-7-17(19-9-12)22-15-5-6-16(8-15)23-18-20-10-14(11-21-18)13-3-4-13/h2,7,9-11,13,15-16H,3-6,8H2,1H3,(H,19,22)(H,20,21,23)/t15-,16-/m0/s1. The fourth-order valence-electron chi connectivity index (χ4n) is 3.23. The van der Waals surface area contributed by atoms with E-state index < -0.39 is 0 Å². The summed E-state index contributed by atoms with van der Waals surface area (Å²) in [6.07, 6.45) is 11.8. The molecule has 5 nitrogen and oxygen atoms in total. The minimum atomic E-state index is 0.435. The van der Waals surface area contributed by atoms with Crippen LogP contribution in [0.5, 0.6) is 0 Å². The molecule has 2 aliphatic carbocycles. The van der Waals surface area contributed by atoms with E-state index in [0.717, 1.165) is 31.0 Å². The minimum Gasteiger partial charge on any atom is -0.367 e. The monoisotopic (exact) mass is 309 g/mol. The van der Waals surface area contributed by atoms with Crippen molar-refractivity contribution >= 4 is 11.8 Å². The number of hydrogen-bond acceptors (Lipinski definition) is 5. The van der Waals surface area contributed by atoms with Crippen LogP contribution >= 0.6 is 0 Å². The first-order valence-corrected chi connectivity index (χ1v) is 8.54. The number of pyridine rings is 1. The van der Waals surface area contributed by atoms with Crippen LogP contribution in [0.3, 0.4) is 0 Å². The Morgan fingerprint density at radius 2 is 1.61 bits per heavy atom. The van der Waals surface area contributed by atoms with Crippen molar-refractivity contribution in [3.05, 3.63) is 41.9 Å². The maximum atomic E-state index is 4.47. The van der Waals surface area contributed by atoms with E-state index >= 15 is 0 Å². The average Bonchev–Trinajstić information content (AvgIpc) is 3.32. The first kappa shape index (κ1) is 14.4. The molecule has 0 aliphatic heterocycles. The van der Waals surface area contributed by atoms with Gasteiger partial charge >= 0.3 is 0 Å². The van der Waals surface area contributed by atoms with Gasteiger partial charge < -0.3 is 10.6 Å². The molecule has 0 amide bonds. The smallest absolute Gasteiger partial charge is 0.222 e. The molecule has 2 saturated carbocycles. The topological polar surface area (TPSA) is 62.7 Å². The van der Waals surface area contributed by atoms with Gasteiger partial charge in [-0.05, 0) is 62.1 Å². The fourth-order valence-corrected chi connectivity index (χ4v) is 3.23. The number of nitrogens with zero attached hydrogens (tertiary/aromatic N) is 3. The molecule has 4 rings (SSSR count). The van der Waals surface area contributed by atoms with Gasteiger partial charge in [0, 0.05) is 30.7 Å². The van der Waals surface area contributed by atoms with Gasteiger partial charge in [-0.15, -0.1) is 0 Å². The van der Waals surface area contributed by atoms with Crippen LogP contribution in [-0.4, -0.2) is 27.0 Å². The molecular weight excluding hydrogens is 286 g/mol. The lowest BCUT2D eigenvalue weighted by Gasteiger charge is -2.15. The molecule has 23 heavy (non-hydrogen) atoms. The zero-order valence-corrected chi connectivity index (χ0v) is 13.5. The summed E-state index contributed by atoms with van der Waals surface area (Å²) in [5.74, 6) is 2.44. The summed E-state index contributed by atoms with van der Waals surface area (Å²) in [6.45, 7) is 2.06. The third-order valence-electron chi connectivity index (χ3n) is 4.75. The predicted octanol–water partition coefficient (Wildman–Crippen LogP) is 3.50. The summed E-state index contributed by atoms with van der Waals surface area (Å²) in [5.41, 5.74) is 2.47. The van der Waals surface area contributed by atoms with E-state index in [1.165, 1.54) is 24.0 Å². The van der Waals surface area contributed by atoms with Gasteiger partial charge in [0.2, 0.25) is 5.95 Å². The van der Waals surface area contributed by atoms with Crippen LogP contribution in [0.15, 0.2) is 30.7 Å². The third-order valence-corrected chi connectivity index (χ3v) is 4.75. The Bertz CT molecular complexity index is 648. The molecule has 0 saturated heterocycles. The van der Waals surface area contributed by atoms with Crippen molar-refractivity contribution in [2.24, 2.45) is 0 Å². The molecule has 0 bridgehead atoms. The van der Waals surface area contributed by atoms with E-state index in [1.54, 1.807) is 0 Å². The van der Waals surface area contributed by atoms with E-state index in [4.69, 9.17) is 0 Å². The van der Waals surface area contributed by atoms with Gasteiger partial charge in [-0.1, -0.05) is 6.07 Å². The van der Waals surface area contributed by atoms with Gasteiger partial charge in [0.1, 0.15) is 5.82 Å². The quantitative estimate of drug-likeness (QED) is 0.885. The van der Waals surface area contributed by atoms with E-state index in [-0.39, 0.29) is 0 Å². The summed E-state index contributed by atoms with van der Waals surface area (Å²) in [7, 11) is 0. The summed E-state index contributed by atoms with van der Waals surface area (Å²) in [5, 5.41) is 6.99. The van der Waals surface area contributed by atoms with Gasteiger partial charge in [0.25, 0.3) is 0 Å². The number of hydrogen-bond donors (Lipinski definition) is 2. The highest BCUT2D eigenvalue weighted by atomic mass is 15.1. The molecule has 2 N–H and O–H groups in total. The summed E-state index contributed by atoms with van der Waals surface area (Å²) < 4.78 is 0. The first-order chi connectivity index (χ1) is 11.3. The Morgan fingerprint density at radius 1 is 0.870 bits per heavy atom. The van der Waals surface area contributed by atoms with E-state index in [9.17, 15) is 0 Å². The Kier molecular flexibility index (Phi) is 3.85. The molecule has 2 atom stereocenters. The number of aromatic nitrogens is 3. The Morgan fingerprint density at radius 3 is 2.26 bits per heavy atom. The highest BCUT2D eigenvalue weighted by Crippen LogP contribution is 2.39. The number of aryl methyl sites for hydroxylation is 1. The molecule has 0 aromatic carbocycles. The molecule has 5 heteroatoms. The minimum absolute atomic E-state index is 0.435. The third kappa shape index (κ3) is 3.60. The molecule has 2 aromatic rings. The van der Waals surface area contributed by atoms with E-state index in [2.05, 4.69) is 44.6 Å². The van der Waals surface area contributed by atoms with Crippen molar-refractivity contribution < 1.29 is 0 Å². The van der Waals surface area contributed by atoms with Crippen molar-refractivity contribution in [3.8, 4) is 0 Å². The van der Waals surface area contributed by atoms with Crippen LogP contribution in [0.25, 0.3) is 0 Å². The lowest BCUT2D eigenvalue weighted by atomic mass is 10.2. The predicted molar refractivity (Wildman–Crippen MR) is 91.7 cm³/mol. The maximum absolute atomic E-state index is 4.47. The number of nitrogens with one attached hydrogen (secondary N) is 2. The van der Waals surface area contributed by atoms with Gasteiger partial charge in [-0.25, -0.2) is 15.0 Å². The van der Waals surface area contributed by atoms with Crippen LogP contribution in [-0.2, 0) is 0 Å². The highest BCUT2D eigenvalue weighted by molar-refractivity contribution is 5.37. The molecular formula is C18H23N5. The van der Waals surface area contributed by atoms with Gasteiger partial charge in [0.05, 0.1) is 0 Å². The van der Waals surface area contributed by atoms with Gasteiger partial charge in [0.15, 0.2) is 0 Å². The summed E-state index contributed by atoms with van der Waals surface area (Å²) in [4.78, 5) is 13.4. The molecule has 0 spiro atoms. The molecule has 2 fully saturated rings. The Labute approximate surface area is 137 Å². The molecule has 120 valence electrons. The first-order valence-electron chi connectivity index (χ1n) is 8.54. The summed E-state index contributed by atoms with van der Waals surface area (Å²) in [6, 6.07) is 5.05. The molecule has 0 unspecified atom stereocenters. The van der Waals surface area contributed by atoms with E-state index in [1.807, 2.05) is 18.6 Å². The molecule has 2 aliphatic rings. The van der Waals surface area contributed by atoms with Crippen LogP contribution in [0, 0.1) is 6.92 Å².